The first kappa shape index (κ1) is 27.9. The van der Waals surface area contributed by atoms with E-state index in [2.05, 4.69) is 5.32 Å². The predicted molar refractivity (Wildman–Crippen MR) is 142 cm³/mol. The van der Waals surface area contributed by atoms with Crippen molar-refractivity contribution in [3.05, 3.63) is 96.3 Å². The molecule has 2 amide bonds. The third-order valence-electron chi connectivity index (χ3n) is 5.93. The molecule has 0 fully saturated rings. The highest BCUT2D eigenvalue weighted by atomic mass is 32.2. The third kappa shape index (κ3) is 7.39. The van der Waals surface area contributed by atoms with E-state index < -0.39 is 34.3 Å². The summed E-state index contributed by atoms with van der Waals surface area (Å²) in [5.74, 6) is -1.40. The highest BCUT2D eigenvalue weighted by molar-refractivity contribution is 7.92. The van der Waals surface area contributed by atoms with E-state index in [1.54, 1.807) is 37.3 Å². The lowest BCUT2D eigenvalue weighted by Crippen LogP contribution is -2.52. The zero-order valence-electron chi connectivity index (χ0n) is 21.0. The number of halogens is 1. The van der Waals surface area contributed by atoms with Gasteiger partial charge in [-0.3, -0.25) is 13.9 Å². The molecule has 0 aliphatic heterocycles. The average molecular weight is 526 g/mol. The van der Waals surface area contributed by atoms with Crippen LogP contribution in [0.15, 0.2) is 89.8 Å². The zero-order valence-corrected chi connectivity index (χ0v) is 21.8. The first-order valence-electron chi connectivity index (χ1n) is 12.2. The summed E-state index contributed by atoms with van der Waals surface area (Å²) in [6, 6.07) is 21.4. The molecule has 1 atom stereocenters. The number of anilines is 1. The van der Waals surface area contributed by atoms with Crippen LogP contribution < -0.4 is 9.62 Å². The van der Waals surface area contributed by atoms with Crippen LogP contribution >= 0.6 is 0 Å². The van der Waals surface area contributed by atoms with Crippen LogP contribution in [0.5, 0.6) is 0 Å². The highest BCUT2D eigenvalue weighted by Crippen LogP contribution is 2.24. The number of hydrogen-bond acceptors (Lipinski definition) is 4. The molecular formula is C28H32FN3O4S. The van der Waals surface area contributed by atoms with E-state index in [9.17, 15) is 22.4 Å². The molecule has 0 heterocycles. The van der Waals surface area contributed by atoms with Crippen molar-refractivity contribution in [2.45, 2.75) is 37.6 Å². The predicted octanol–water partition coefficient (Wildman–Crippen LogP) is 4.01. The van der Waals surface area contributed by atoms with Gasteiger partial charge in [-0.05, 0) is 61.7 Å². The highest BCUT2D eigenvalue weighted by Gasteiger charge is 2.32. The van der Waals surface area contributed by atoms with E-state index in [4.69, 9.17) is 0 Å². The SMILES string of the molecule is CCCNC(=O)[C@H](C)N(CCc1ccccc1)C(=O)CN(c1ccccc1)S(=O)(=O)c1ccc(F)cc1. The lowest BCUT2D eigenvalue weighted by molar-refractivity contribution is -0.138. The van der Waals surface area contributed by atoms with Gasteiger partial charge >= 0.3 is 0 Å². The van der Waals surface area contributed by atoms with Crippen molar-refractivity contribution >= 4 is 27.5 Å². The van der Waals surface area contributed by atoms with Crippen molar-refractivity contribution < 1.29 is 22.4 Å². The topological polar surface area (TPSA) is 86.8 Å². The normalized spacial score (nSPS) is 12.0. The molecule has 0 bridgehead atoms. The first-order valence-corrected chi connectivity index (χ1v) is 13.6. The Morgan fingerprint density at radius 3 is 2.11 bits per heavy atom. The third-order valence-corrected chi connectivity index (χ3v) is 7.71. The molecular weight excluding hydrogens is 493 g/mol. The van der Waals surface area contributed by atoms with Gasteiger partial charge in [0.25, 0.3) is 10.0 Å². The summed E-state index contributed by atoms with van der Waals surface area (Å²) in [6.07, 6.45) is 1.24. The van der Waals surface area contributed by atoms with Crippen LogP contribution in [0.4, 0.5) is 10.1 Å². The standard InChI is InChI=1S/C28H32FN3O4S/c1-3-19-30-28(34)22(2)31(20-18-23-10-6-4-7-11-23)27(33)21-32(25-12-8-5-9-13-25)37(35,36)26-16-14-24(29)15-17-26/h4-17,22H,3,18-21H2,1-2H3,(H,30,34)/t22-/m0/s1. The van der Waals surface area contributed by atoms with Crippen molar-refractivity contribution in [3.63, 3.8) is 0 Å². The Balaban J connectivity index is 1.93. The molecule has 196 valence electrons. The number of benzene rings is 3. The molecule has 37 heavy (non-hydrogen) atoms. The number of nitrogens with zero attached hydrogens (tertiary/aromatic N) is 2. The van der Waals surface area contributed by atoms with Gasteiger partial charge in [-0.25, -0.2) is 12.8 Å². The molecule has 9 heteroatoms. The van der Waals surface area contributed by atoms with Crippen LogP contribution in [-0.4, -0.2) is 50.8 Å². The minimum atomic E-state index is -4.21. The van der Waals surface area contributed by atoms with Crippen LogP contribution in [0.2, 0.25) is 0 Å². The average Bonchev–Trinajstić information content (AvgIpc) is 2.91. The van der Waals surface area contributed by atoms with Crippen LogP contribution in [-0.2, 0) is 26.0 Å². The molecule has 3 aromatic carbocycles. The van der Waals surface area contributed by atoms with Gasteiger partial charge in [-0.2, -0.15) is 0 Å². The summed E-state index contributed by atoms with van der Waals surface area (Å²) in [6.45, 7) is 3.74. The Morgan fingerprint density at radius 2 is 1.51 bits per heavy atom. The minimum absolute atomic E-state index is 0.143. The van der Waals surface area contributed by atoms with E-state index in [0.29, 0.717) is 13.0 Å². The second-order valence-electron chi connectivity index (χ2n) is 8.59. The molecule has 0 aromatic heterocycles. The molecule has 7 nitrogen and oxygen atoms in total. The number of amides is 2. The molecule has 3 aromatic rings. The Kier molecular flexibility index (Phi) is 9.79. The van der Waals surface area contributed by atoms with Crippen molar-refractivity contribution in [2.75, 3.05) is 23.9 Å². The summed E-state index contributed by atoms with van der Waals surface area (Å²) in [7, 11) is -4.21. The van der Waals surface area contributed by atoms with Crippen LogP contribution in [0.3, 0.4) is 0 Å². The number of carbonyl (C=O) groups excluding carboxylic acids is 2. The number of carbonyl (C=O) groups is 2. The van der Waals surface area contributed by atoms with Gasteiger partial charge in [-0.15, -0.1) is 0 Å². The number of hydrogen-bond donors (Lipinski definition) is 1. The monoisotopic (exact) mass is 525 g/mol. The van der Waals surface area contributed by atoms with E-state index in [-0.39, 0.29) is 23.0 Å². The number of sulfonamides is 1. The van der Waals surface area contributed by atoms with Crippen LogP contribution in [0, 0.1) is 5.82 Å². The van der Waals surface area contributed by atoms with E-state index >= 15 is 0 Å². The first-order chi connectivity index (χ1) is 17.7. The van der Waals surface area contributed by atoms with Gasteiger partial charge in [0.15, 0.2) is 0 Å². The molecule has 0 unspecified atom stereocenters. The minimum Gasteiger partial charge on any atom is -0.354 e. The van der Waals surface area contributed by atoms with Gasteiger partial charge in [0.1, 0.15) is 18.4 Å². The Morgan fingerprint density at radius 1 is 0.919 bits per heavy atom. The van der Waals surface area contributed by atoms with Gasteiger partial charge in [-0.1, -0.05) is 55.5 Å². The summed E-state index contributed by atoms with van der Waals surface area (Å²) in [5, 5.41) is 2.81. The molecule has 0 aliphatic rings. The second-order valence-corrected chi connectivity index (χ2v) is 10.5. The van der Waals surface area contributed by atoms with Crippen molar-refractivity contribution in [1.29, 1.82) is 0 Å². The zero-order chi connectivity index (χ0) is 26.8. The number of nitrogens with one attached hydrogen (secondary N) is 1. The van der Waals surface area contributed by atoms with Crippen LogP contribution in [0.1, 0.15) is 25.8 Å². The Hall–Kier alpha value is -3.72. The van der Waals surface area contributed by atoms with Crippen molar-refractivity contribution in [3.8, 4) is 0 Å². The van der Waals surface area contributed by atoms with E-state index in [1.165, 1.54) is 17.0 Å². The maximum absolute atomic E-state index is 13.7. The van der Waals surface area contributed by atoms with Gasteiger partial charge < -0.3 is 10.2 Å². The van der Waals surface area contributed by atoms with Crippen molar-refractivity contribution in [2.24, 2.45) is 0 Å². The fraction of sp³-hybridized carbons (Fsp3) is 0.286. The molecule has 0 saturated carbocycles. The Bertz CT molecular complexity index is 1270. The van der Waals surface area contributed by atoms with Gasteiger partial charge in [0, 0.05) is 13.1 Å². The second kappa shape index (κ2) is 13.0. The summed E-state index contributed by atoms with van der Waals surface area (Å²) in [5.41, 5.74) is 1.27. The maximum Gasteiger partial charge on any atom is 0.264 e. The molecule has 0 spiro atoms. The fourth-order valence-electron chi connectivity index (χ4n) is 3.82. The summed E-state index contributed by atoms with van der Waals surface area (Å²) in [4.78, 5) is 27.7. The summed E-state index contributed by atoms with van der Waals surface area (Å²) >= 11 is 0. The lowest BCUT2D eigenvalue weighted by Gasteiger charge is -2.32. The maximum atomic E-state index is 13.7. The molecule has 0 aliphatic carbocycles. The van der Waals surface area contributed by atoms with Crippen molar-refractivity contribution in [1.82, 2.24) is 10.2 Å². The van der Waals surface area contributed by atoms with E-state index in [0.717, 1.165) is 28.4 Å². The molecule has 0 radical (unpaired) electrons. The summed E-state index contributed by atoms with van der Waals surface area (Å²) < 4.78 is 41.6. The number of rotatable bonds is 12. The van der Waals surface area contributed by atoms with Gasteiger partial charge in [0.2, 0.25) is 11.8 Å². The van der Waals surface area contributed by atoms with Gasteiger partial charge in [0.05, 0.1) is 10.6 Å². The fourth-order valence-corrected chi connectivity index (χ4v) is 5.24. The molecule has 3 rings (SSSR count). The van der Waals surface area contributed by atoms with Crippen LogP contribution in [0.25, 0.3) is 0 Å². The molecule has 0 saturated heterocycles. The lowest BCUT2D eigenvalue weighted by atomic mass is 10.1. The smallest absolute Gasteiger partial charge is 0.264 e. The molecule has 1 N–H and O–H groups in total. The number of para-hydroxylation sites is 1. The largest absolute Gasteiger partial charge is 0.354 e. The quantitative estimate of drug-likeness (QED) is 0.387. The Labute approximate surface area is 218 Å². The van der Waals surface area contributed by atoms with E-state index in [1.807, 2.05) is 37.3 Å².